The van der Waals surface area contributed by atoms with E-state index in [9.17, 15) is 8.78 Å². The molecule has 0 fully saturated rings. The maximum atomic E-state index is 11.7. The molecule has 0 aromatic heterocycles. The van der Waals surface area contributed by atoms with Crippen LogP contribution in [0.3, 0.4) is 0 Å². The van der Waals surface area contributed by atoms with E-state index >= 15 is 0 Å². The highest BCUT2D eigenvalue weighted by atomic mass is 19.3. The van der Waals surface area contributed by atoms with E-state index in [0.29, 0.717) is 0 Å². The van der Waals surface area contributed by atoms with Gasteiger partial charge >= 0.3 is 0 Å². The summed E-state index contributed by atoms with van der Waals surface area (Å²) in [6.45, 7) is 12.0. The molecule has 0 spiro atoms. The Morgan fingerprint density at radius 3 is 1.45 bits per heavy atom. The lowest BCUT2D eigenvalue weighted by Crippen LogP contribution is -2.06. The molecular formula is C9H20F2. The summed E-state index contributed by atoms with van der Waals surface area (Å²) in [6.07, 6.45) is 0.979. The van der Waals surface area contributed by atoms with Crippen LogP contribution in [0.4, 0.5) is 8.78 Å². The molecule has 0 nitrogen and oxygen atoms in total. The van der Waals surface area contributed by atoms with Gasteiger partial charge in [0.25, 0.3) is 0 Å². The van der Waals surface area contributed by atoms with Crippen LogP contribution in [-0.4, -0.2) is 5.92 Å². The van der Waals surface area contributed by atoms with E-state index in [0.717, 1.165) is 6.92 Å². The maximum Gasteiger partial charge on any atom is 0.248 e. The molecule has 0 aliphatic carbocycles. The van der Waals surface area contributed by atoms with Crippen LogP contribution in [-0.2, 0) is 0 Å². The maximum absolute atomic E-state index is 11.7. The molecule has 11 heavy (non-hydrogen) atoms. The standard InChI is InChI=1S/C5H8F2.2C2H6/c1-3-4-5(2,6)7;2*1-2/h3H,1,4H2,2H3;2*1-2H3. The van der Waals surface area contributed by atoms with Crippen molar-refractivity contribution >= 4 is 0 Å². The van der Waals surface area contributed by atoms with Gasteiger partial charge in [-0.15, -0.1) is 6.58 Å². The van der Waals surface area contributed by atoms with Crippen LogP contribution in [0.2, 0.25) is 0 Å². The summed E-state index contributed by atoms with van der Waals surface area (Å²) >= 11 is 0. The van der Waals surface area contributed by atoms with Crippen molar-refractivity contribution in [2.24, 2.45) is 0 Å². The molecular weight excluding hydrogens is 146 g/mol. The molecule has 0 aliphatic rings. The third-order valence-electron chi connectivity index (χ3n) is 0.503. The first-order valence-electron chi connectivity index (χ1n) is 4.05. The fourth-order valence-corrected chi connectivity index (χ4v) is 0.253. The first kappa shape index (κ1) is 16.9. The largest absolute Gasteiger partial charge is 0.248 e. The monoisotopic (exact) mass is 166 g/mol. The highest BCUT2D eigenvalue weighted by Gasteiger charge is 2.17. The van der Waals surface area contributed by atoms with Crippen molar-refractivity contribution < 1.29 is 8.78 Å². The molecule has 0 bridgehead atoms. The van der Waals surface area contributed by atoms with Crippen LogP contribution in [0.15, 0.2) is 12.7 Å². The van der Waals surface area contributed by atoms with Crippen molar-refractivity contribution in [2.75, 3.05) is 0 Å². The van der Waals surface area contributed by atoms with E-state index in [4.69, 9.17) is 0 Å². The van der Waals surface area contributed by atoms with Gasteiger partial charge in [0.05, 0.1) is 0 Å². The summed E-state index contributed by atoms with van der Waals surface area (Å²) in [4.78, 5) is 0. The Morgan fingerprint density at radius 1 is 1.18 bits per heavy atom. The molecule has 0 N–H and O–H groups in total. The fourth-order valence-electron chi connectivity index (χ4n) is 0.253. The molecule has 0 radical (unpaired) electrons. The zero-order valence-corrected chi connectivity index (χ0v) is 8.25. The molecule has 0 heterocycles. The fraction of sp³-hybridized carbons (Fsp3) is 0.778. The Hall–Kier alpha value is -0.400. The van der Waals surface area contributed by atoms with Gasteiger partial charge in [0, 0.05) is 6.42 Å². The van der Waals surface area contributed by atoms with Crippen LogP contribution in [0.1, 0.15) is 41.0 Å². The van der Waals surface area contributed by atoms with Gasteiger partial charge in [-0.2, -0.15) is 0 Å². The molecule has 0 unspecified atom stereocenters. The van der Waals surface area contributed by atoms with E-state index in [1.54, 1.807) is 0 Å². The lowest BCUT2D eigenvalue weighted by Gasteiger charge is -2.03. The smallest absolute Gasteiger partial charge is 0.207 e. The second-order valence-corrected chi connectivity index (χ2v) is 1.56. The van der Waals surface area contributed by atoms with E-state index < -0.39 is 5.92 Å². The van der Waals surface area contributed by atoms with Crippen molar-refractivity contribution in [3.8, 4) is 0 Å². The third-order valence-corrected chi connectivity index (χ3v) is 0.503. The summed E-state index contributed by atoms with van der Waals surface area (Å²) in [5.41, 5.74) is 0. The molecule has 0 rings (SSSR count). The minimum Gasteiger partial charge on any atom is -0.207 e. The molecule has 0 aliphatic heterocycles. The highest BCUT2D eigenvalue weighted by molar-refractivity contribution is 4.74. The first-order chi connectivity index (χ1) is 5.06. The first-order valence-corrected chi connectivity index (χ1v) is 4.05. The van der Waals surface area contributed by atoms with Crippen LogP contribution in [0, 0.1) is 0 Å². The molecule has 70 valence electrons. The van der Waals surface area contributed by atoms with Crippen molar-refractivity contribution in [1.29, 1.82) is 0 Å². The number of alkyl halides is 2. The molecule has 0 saturated carbocycles. The quantitative estimate of drug-likeness (QED) is 0.537. The summed E-state index contributed by atoms with van der Waals surface area (Å²) in [6, 6.07) is 0. The van der Waals surface area contributed by atoms with E-state index in [2.05, 4.69) is 6.58 Å². The number of hydrogen-bond donors (Lipinski definition) is 0. The van der Waals surface area contributed by atoms with E-state index in [-0.39, 0.29) is 6.42 Å². The van der Waals surface area contributed by atoms with Gasteiger partial charge in [0.15, 0.2) is 0 Å². The third kappa shape index (κ3) is 42.8. The lowest BCUT2D eigenvalue weighted by molar-refractivity contribution is 0.0256. The zero-order chi connectivity index (χ0) is 9.91. The van der Waals surface area contributed by atoms with Gasteiger partial charge in [0.2, 0.25) is 5.92 Å². The van der Waals surface area contributed by atoms with E-state index in [1.165, 1.54) is 6.08 Å². The Bertz CT molecular complexity index is 62.5. The summed E-state index contributed by atoms with van der Waals surface area (Å²) in [7, 11) is 0. The van der Waals surface area contributed by atoms with Gasteiger partial charge < -0.3 is 0 Å². The number of hydrogen-bond acceptors (Lipinski definition) is 0. The Kier molecular flexibility index (Phi) is 18.9. The minimum absolute atomic E-state index is 0.229. The second-order valence-electron chi connectivity index (χ2n) is 1.56. The van der Waals surface area contributed by atoms with Gasteiger partial charge in [-0.1, -0.05) is 33.8 Å². The summed E-state index contributed by atoms with van der Waals surface area (Å²) < 4.78 is 23.3. The SMILES string of the molecule is C=CCC(C)(F)F.CC.CC. The predicted molar refractivity (Wildman–Crippen MR) is 48.1 cm³/mol. The Labute approximate surface area is 69.3 Å². The van der Waals surface area contributed by atoms with Gasteiger partial charge in [0.1, 0.15) is 0 Å². The predicted octanol–water partition coefficient (Wildman–Crippen LogP) is 4.27. The second kappa shape index (κ2) is 12.3. The van der Waals surface area contributed by atoms with Gasteiger partial charge in [-0.25, -0.2) is 8.78 Å². The Balaban J connectivity index is -0.000000138. The van der Waals surface area contributed by atoms with Crippen LogP contribution in [0.5, 0.6) is 0 Å². The minimum atomic E-state index is -2.57. The topological polar surface area (TPSA) is 0 Å². The number of rotatable bonds is 2. The number of allylic oxidation sites excluding steroid dienone is 1. The van der Waals surface area contributed by atoms with Crippen molar-refractivity contribution in [3.05, 3.63) is 12.7 Å². The number of halogens is 2. The molecule has 0 aromatic rings. The van der Waals surface area contributed by atoms with Crippen molar-refractivity contribution in [2.45, 2.75) is 47.0 Å². The van der Waals surface area contributed by atoms with Crippen molar-refractivity contribution in [3.63, 3.8) is 0 Å². The van der Waals surface area contributed by atoms with Gasteiger partial charge in [-0.3, -0.25) is 0 Å². The normalized spacial score (nSPS) is 8.27. The highest BCUT2D eigenvalue weighted by Crippen LogP contribution is 2.15. The summed E-state index contributed by atoms with van der Waals surface area (Å²) in [5.74, 6) is -2.57. The van der Waals surface area contributed by atoms with Crippen LogP contribution >= 0.6 is 0 Å². The molecule has 0 saturated heterocycles. The van der Waals surface area contributed by atoms with Crippen LogP contribution in [0.25, 0.3) is 0 Å². The van der Waals surface area contributed by atoms with Gasteiger partial charge in [-0.05, 0) is 6.92 Å². The molecule has 0 atom stereocenters. The molecule has 2 heteroatoms. The molecule has 0 aromatic carbocycles. The zero-order valence-electron chi connectivity index (χ0n) is 8.25. The Morgan fingerprint density at radius 2 is 1.45 bits per heavy atom. The lowest BCUT2D eigenvalue weighted by atomic mass is 10.3. The average molecular weight is 166 g/mol. The van der Waals surface area contributed by atoms with Crippen LogP contribution < -0.4 is 0 Å². The average Bonchev–Trinajstić information content (AvgIpc) is 1.94. The van der Waals surface area contributed by atoms with E-state index in [1.807, 2.05) is 27.7 Å². The van der Waals surface area contributed by atoms with Crippen molar-refractivity contribution in [1.82, 2.24) is 0 Å². The summed E-state index contributed by atoms with van der Waals surface area (Å²) in [5, 5.41) is 0. The molecule has 0 amide bonds.